The Balaban J connectivity index is 1.87. The molecule has 3 heterocycles. The van der Waals surface area contributed by atoms with E-state index in [1.807, 2.05) is 31.9 Å². The number of aromatic nitrogens is 4. The second-order valence-corrected chi connectivity index (χ2v) is 5.10. The highest BCUT2D eigenvalue weighted by Crippen LogP contribution is 2.20. The molecule has 18 heavy (non-hydrogen) atoms. The summed E-state index contributed by atoms with van der Waals surface area (Å²) in [6, 6.07) is 2.09. The molecule has 0 aromatic carbocycles. The molecule has 0 atom stereocenters. The number of hydrogen-bond donors (Lipinski definition) is 1. The molecule has 0 saturated heterocycles. The summed E-state index contributed by atoms with van der Waals surface area (Å²) < 4.78 is 1.80. The first kappa shape index (κ1) is 11.2. The monoisotopic (exact) mass is 259 g/mol. The van der Waals surface area contributed by atoms with Crippen molar-refractivity contribution >= 4 is 28.1 Å². The van der Waals surface area contributed by atoms with Gasteiger partial charge in [0, 0.05) is 23.5 Å². The van der Waals surface area contributed by atoms with E-state index in [0.717, 1.165) is 29.0 Å². The minimum absolute atomic E-state index is 0.775. The molecule has 3 aromatic heterocycles. The van der Waals surface area contributed by atoms with Crippen molar-refractivity contribution in [2.24, 2.45) is 7.05 Å². The van der Waals surface area contributed by atoms with E-state index in [-0.39, 0.29) is 0 Å². The first-order valence-corrected chi connectivity index (χ1v) is 6.52. The van der Waals surface area contributed by atoms with Gasteiger partial charge in [-0.3, -0.25) is 9.67 Å². The zero-order valence-corrected chi connectivity index (χ0v) is 11.0. The number of thiazole rings is 1. The molecule has 3 aromatic rings. The normalized spacial score (nSPS) is 11.0. The van der Waals surface area contributed by atoms with Gasteiger partial charge in [0.15, 0.2) is 5.65 Å². The lowest BCUT2D eigenvalue weighted by Gasteiger charge is -2.04. The second-order valence-electron chi connectivity index (χ2n) is 4.13. The van der Waals surface area contributed by atoms with E-state index >= 15 is 0 Å². The third-order valence-corrected chi connectivity index (χ3v) is 3.59. The van der Waals surface area contributed by atoms with Gasteiger partial charge in [0.25, 0.3) is 0 Å². The van der Waals surface area contributed by atoms with E-state index < -0.39 is 0 Å². The van der Waals surface area contributed by atoms with Gasteiger partial charge in [-0.2, -0.15) is 5.10 Å². The predicted octanol–water partition coefficient (Wildman–Crippen LogP) is 2.35. The number of pyridine rings is 1. The molecule has 3 rings (SSSR count). The van der Waals surface area contributed by atoms with E-state index in [1.165, 1.54) is 4.88 Å². The smallest absolute Gasteiger partial charge is 0.157 e. The highest BCUT2D eigenvalue weighted by Gasteiger charge is 2.06. The lowest BCUT2D eigenvalue weighted by Crippen LogP contribution is -1.98. The number of aryl methyl sites for hydroxylation is 2. The molecule has 6 heteroatoms. The van der Waals surface area contributed by atoms with Gasteiger partial charge in [-0.15, -0.1) is 11.3 Å². The Morgan fingerprint density at radius 2 is 2.28 bits per heavy atom. The van der Waals surface area contributed by atoms with Gasteiger partial charge < -0.3 is 5.32 Å². The van der Waals surface area contributed by atoms with E-state index in [0.29, 0.717) is 0 Å². The van der Waals surface area contributed by atoms with Crippen LogP contribution in [0.2, 0.25) is 0 Å². The lowest BCUT2D eigenvalue weighted by molar-refractivity contribution is 0.774. The maximum atomic E-state index is 4.43. The lowest BCUT2D eigenvalue weighted by atomic mass is 10.2. The number of fused-ring (bicyclic) bond motifs is 1. The number of nitrogens with one attached hydrogen (secondary N) is 1. The van der Waals surface area contributed by atoms with Gasteiger partial charge in [-0.05, 0) is 13.0 Å². The van der Waals surface area contributed by atoms with Crippen LogP contribution in [0.1, 0.15) is 10.6 Å². The number of anilines is 1. The summed E-state index contributed by atoms with van der Waals surface area (Å²) in [5.41, 5.74) is 4.76. The van der Waals surface area contributed by atoms with Gasteiger partial charge in [-0.25, -0.2) is 4.98 Å². The van der Waals surface area contributed by atoms with E-state index in [1.54, 1.807) is 16.0 Å². The summed E-state index contributed by atoms with van der Waals surface area (Å²) >= 11 is 1.64. The molecule has 0 amide bonds. The fourth-order valence-electron chi connectivity index (χ4n) is 1.92. The third kappa shape index (κ3) is 1.95. The van der Waals surface area contributed by atoms with Crippen molar-refractivity contribution in [2.75, 3.05) is 5.32 Å². The van der Waals surface area contributed by atoms with Crippen molar-refractivity contribution in [2.45, 2.75) is 13.5 Å². The van der Waals surface area contributed by atoms with Gasteiger partial charge in [0.05, 0.1) is 29.6 Å². The van der Waals surface area contributed by atoms with Crippen LogP contribution in [0.15, 0.2) is 24.0 Å². The fraction of sp³-hybridized carbons (Fsp3) is 0.250. The highest BCUT2D eigenvalue weighted by molar-refractivity contribution is 7.09. The standard InChI is InChI=1S/C12H13N5S/c1-8-11-3-9(4-15-12(11)17(2)16-8)14-6-10-5-13-7-18-10/h3-5,7,14H,6H2,1-2H3. The van der Waals surface area contributed by atoms with Crippen molar-refractivity contribution in [1.82, 2.24) is 19.7 Å². The topological polar surface area (TPSA) is 55.6 Å². The van der Waals surface area contributed by atoms with Crippen LogP contribution >= 0.6 is 11.3 Å². The minimum atomic E-state index is 0.775. The summed E-state index contributed by atoms with van der Waals surface area (Å²) in [6.45, 7) is 2.77. The molecule has 5 nitrogen and oxygen atoms in total. The average molecular weight is 259 g/mol. The SMILES string of the molecule is Cc1nn(C)c2ncc(NCc3cncs3)cc12. The molecular weight excluding hydrogens is 246 g/mol. The van der Waals surface area contributed by atoms with Crippen LogP contribution in [0.3, 0.4) is 0 Å². The quantitative estimate of drug-likeness (QED) is 0.784. The van der Waals surface area contributed by atoms with Crippen LogP contribution < -0.4 is 5.32 Å². The van der Waals surface area contributed by atoms with Crippen molar-refractivity contribution in [3.8, 4) is 0 Å². The zero-order valence-electron chi connectivity index (χ0n) is 10.2. The summed E-state index contributed by atoms with van der Waals surface area (Å²) in [7, 11) is 1.91. The molecule has 0 aliphatic carbocycles. The molecular formula is C12H13N5S. The van der Waals surface area contributed by atoms with Crippen molar-refractivity contribution in [3.63, 3.8) is 0 Å². The van der Waals surface area contributed by atoms with E-state index in [9.17, 15) is 0 Å². The molecule has 0 saturated carbocycles. The summed E-state index contributed by atoms with van der Waals surface area (Å²) in [6.07, 6.45) is 3.71. The van der Waals surface area contributed by atoms with Gasteiger partial charge in [0.2, 0.25) is 0 Å². The Morgan fingerprint density at radius 1 is 1.39 bits per heavy atom. The van der Waals surface area contributed by atoms with Crippen LogP contribution in [0.4, 0.5) is 5.69 Å². The Kier molecular flexibility index (Phi) is 2.71. The van der Waals surface area contributed by atoms with Crippen molar-refractivity contribution in [1.29, 1.82) is 0 Å². The van der Waals surface area contributed by atoms with Crippen molar-refractivity contribution < 1.29 is 0 Å². The first-order chi connectivity index (χ1) is 8.74. The summed E-state index contributed by atoms with van der Waals surface area (Å²) in [4.78, 5) is 9.69. The largest absolute Gasteiger partial charge is 0.379 e. The predicted molar refractivity (Wildman–Crippen MR) is 72.7 cm³/mol. The second kappa shape index (κ2) is 4.38. The molecule has 0 fully saturated rings. The Hall–Kier alpha value is -1.95. The highest BCUT2D eigenvalue weighted by atomic mass is 32.1. The van der Waals surface area contributed by atoms with Crippen LogP contribution in [0.5, 0.6) is 0 Å². The maximum Gasteiger partial charge on any atom is 0.157 e. The van der Waals surface area contributed by atoms with Gasteiger partial charge in [-0.1, -0.05) is 0 Å². The molecule has 1 N–H and O–H groups in total. The molecule has 0 aliphatic heterocycles. The molecule has 0 unspecified atom stereocenters. The van der Waals surface area contributed by atoms with Crippen LogP contribution in [0, 0.1) is 6.92 Å². The maximum absolute atomic E-state index is 4.43. The van der Waals surface area contributed by atoms with E-state index in [4.69, 9.17) is 0 Å². The zero-order chi connectivity index (χ0) is 12.5. The number of hydrogen-bond acceptors (Lipinski definition) is 5. The third-order valence-electron chi connectivity index (χ3n) is 2.81. The number of nitrogens with zero attached hydrogens (tertiary/aromatic N) is 4. The molecule has 0 aliphatic rings. The van der Waals surface area contributed by atoms with Crippen molar-refractivity contribution in [3.05, 3.63) is 34.5 Å². The molecule has 0 radical (unpaired) electrons. The Bertz CT molecular complexity index is 671. The van der Waals surface area contributed by atoms with E-state index in [2.05, 4.69) is 26.4 Å². The Morgan fingerprint density at radius 3 is 3.06 bits per heavy atom. The van der Waals surface area contributed by atoms with Crippen LogP contribution in [-0.2, 0) is 13.6 Å². The average Bonchev–Trinajstić information content (AvgIpc) is 2.97. The Labute approximate surface area is 109 Å². The van der Waals surface area contributed by atoms with Crippen LogP contribution in [-0.4, -0.2) is 19.7 Å². The molecule has 92 valence electrons. The van der Waals surface area contributed by atoms with Gasteiger partial charge >= 0.3 is 0 Å². The first-order valence-electron chi connectivity index (χ1n) is 5.64. The van der Waals surface area contributed by atoms with Crippen LogP contribution in [0.25, 0.3) is 11.0 Å². The summed E-state index contributed by atoms with van der Waals surface area (Å²) in [5, 5.41) is 8.80. The molecule has 0 spiro atoms. The van der Waals surface area contributed by atoms with Gasteiger partial charge in [0.1, 0.15) is 0 Å². The minimum Gasteiger partial charge on any atom is -0.379 e. The fourth-order valence-corrected chi connectivity index (χ4v) is 2.46. The number of rotatable bonds is 3. The molecule has 0 bridgehead atoms. The summed E-state index contributed by atoms with van der Waals surface area (Å²) in [5.74, 6) is 0.